The molecule has 8 unspecified atom stereocenters. The molecule has 8 atom stereocenters. The van der Waals surface area contributed by atoms with Crippen molar-refractivity contribution in [3.8, 4) is 0 Å². The van der Waals surface area contributed by atoms with Crippen molar-refractivity contribution in [2.24, 2.45) is 23.7 Å². The van der Waals surface area contributed by atoms with Gasteiger partial charge in [0.25, 0.3) is 0 Å². The Morgan fingerprint density at radius 1 is 1.05 bits per heavy atom. The summed E-state index contributed by atoms with van der Waals surface area (Å²) in [5, 5.41) is 6.89. The molecule has 228 valence electrons. The molecule has 2 bridgehead atoms. The monoisotopic (exact) mass is 596 g/mol. The quantitative estimate of drug-likeness (QED) is 0.451. The van der Waals surface area contributed by atoms with E-state index in [2.05, 4.69) is 29.4 Å². The zero-order valence-corrected chi connectivity index (χ0v) is 25.9. The molecule has 1 aromatic carbocycles. The number of anilines is 1. The molecule has 1 aromatic rings. The molecule has 5 aliphatic rings. The molecule has 0 radical (unpaired) electrons. The Balaban J connectivity index is 1.27. The van der Waals surface area contributed by atoms with Gasteiger partial charge in [0.15, 0.2) is 0 Å². The van der Waals surface area contributed by atoms with E-state index in [0.29, 0.717) is 35.6 Å². The van der Waals surface area contributed by atoms with Gasteiger partial charge in [0.2, 0.25) is 17.7 Å². The first-order chi connectivity index (χ1) is 20.2. The van der Waals surface area contributed by atoms with Crippen molar-refractivity contribution in [3.05, 3.63) is 40.9 Å². The first-order valence-electron chi connectivity index (χ1n) is 16.0. The van der Waals surface area contributed by atoms with Gasteiger partial charge in [-0.2, -0.15) is 0 Å². The molecule has 6 rings (SSSR count). The highest BCUT2D eigenvalue weighted by Gasteiger charge is 2.72. The Kier molecular flexibility index (Phi) is 8.42. The van der Waals surface area contributed by atoms with Crippen LogP contribution in [0.1, 0.15) is 64.4 Å². The fraction of sp³-hybridized carbons (Fsp3) is 0.667. The van der Waals surface area contributed by atoms with Gasteiger partial charge in [-0.05, 0) is 68.8 Å². The number of amides is 3. The predicted octanol–water partition coefficient (Wildman–Crippen LogP) is 4.55. The van der Waals surface area contributed by atoms with Crippen LogP contribution in [-0.4, -0.2) is 77.5 Å². The molecule has 0 aromatic heterocycles. The number of rotatable bonds is 7. The van der Waals surface area contributed by atoms with Crippen LogP contribution >= 0.6 is 11.6 Å². The van der Waals surface area contributed by atoms with E-state index in [4.69, 9.17) is 16.3 Å². The van der Waals surface area contributed by atoms with Crippen LogP contribution in [0.3, 0.4) is 0 Å². The zero-order chi connectivity index (χ0) is 29.6. The number of likely N-dealkylation sites (tertiary alicyclic amines) is 2. The molecular weight excluding hydrogens is 552 g/mol. The number of benzene rings is 1. The average Bonchev–Trinajstić information content (AvgIpc) is 3.51. The van der Waals surface area contributed by atoms with E-state index in [1.807, 2.05) is 31.2 Å². The third-order valence-corrected chi connectivity index (χ3v) is 11.2. The van der Waals surface area contributed by atoms with E-state index in [1.54, 1.807) is 11.0 Å². The average molecular weight is 597 g/mol. The number of carbonyl (C=O) groups excluding carboxylic acids is 3. The summed E-state index contributed by atoms with van der Waals surface area (Å²) in [5.74, 6) is -1.21. The fourth-order valence-corrected chi connectivity index (χ4v) is 8.24. The number of fused-ring (bicyclic) bond motifs is 1. The molecule has 1 spiro atoms. The van der Waals surface area contributed by atoms with Gasteiger partial charge in [0.05, 0.1) is 17.9 Å². The maximum Gasteiger partial charge on any atom is 0.246 e. The number of carbonyl (C=O) groups is 3. The van der Waals surface area contributed by atoms with Gasteiger partial charge >= 0.3 is 0 Å². The predicted molar refractivity (Wildman–Crippen MR) is 163 cm³/mol. The van der Waals surface area contributed by atoms with E-state index in [1.165, 1.54) is 19.3 Å². The third-order valence-electron chi connectivity index (χ3n) is 10.8. The SMILES string of the molecule is Cc1ccc(NC(=O)C2C3C=CC4(O3)C2C(=O)N(CCN2CCCCCC2)C4C(=O)NC2CCCC(C)C2C)cc1Cl. The number of ether oxygens (including phenoxy) is 1. The van der Waals surface area contributed by atoms with Gasteiger partial charge in [-0.25, -0.2) is 0 Å². The van der Waals surface area contributed by atoms with E-state index < -0.39 is 29.6 Å². The number of hydrogen-bond acceptors (Lipinski definition) is 5. The van der Waals surface area contributed by atoms with Crippen LogP contribution in [0.15, 0.2) is 30.4 Å². The fourth-order valence-electron chi connectivity index (χ4n) is 8.06. The number of hydrogen-bond donors (Lipinski definition) is 2. The van der Waals surface area contributed by atoms with Crippen molar-refractivity contribution in [1.29, 1.82) is 0 Å². The van der Waals surface area contributed by atoms with Crippen molar-refractivity contribution in [3.63, 3.8) is 0 Å². The molecule has 4 fully saturated rings. The van der Waals surface area contributed by atoms with Crippen LogP contribution in [0.25, 0.3) is 0 Å². The number of halogens is 1. The van der Waals surface area contributed by atoms with E-state index in [-0.39, 0.29) is 23.8 Å². The van der Waals surface area contributed by atoms with Crippen molar-refractivity contribution in [1.82, 2.24) is 15.1 Å². The van der Waals surface area contributed by atoms with Gasteiger partial charge in [0, 0.05) is 29.8 Å². The molecule has 3 saturated heterocycles. The van der Waals surface area contributed by atoms with E-state index in [9.17, 15) is 14.4 Å². The van der Waals surface area contributed by atoms with Crippen LogP contribution < -0.4 is 10.6 Å². The summed E-state index contributed by atoms with van der Waals surface area (Å²) in [4.78, 5) is 46.5. The molecule has 42 heavy (non-hydrogen) atoms. The zero-order valence-electron chi connectivity index (χ0n) is 25.1. The molecule has 1 saturated carbocycles. The molecule has 8 nitrogen and oxygen atoms in total. The molecule has 2 N–H and O–H groups in total. The van der Waals surface area contributed by atoms with Crippen molar-refractivity contribution >= 4 is 35.0 Å². The second-order valence-corrected chi connectivity index (χ2v) is 13.7. The molecular formula is C33H45ClN4O4. The second-order valence-electron chi connectivity index (χ2n) is 13.3. The molecule has 1 aliphatic carbocycles. The molecule has 9 heteroatoms. The first-order valence-corrected chi connectivity index (χ1v) is 16.3. The maximum absolute atomic E-state index is 14.3. The first kappa shape index (κ1) is 29.6. The largest absolute Gasteiger partial charge is 0.359 e. The maximum atomic E-state index is 14.3. The Labute approximate surface area is 254 Å². The van der Waals surface area contributed by atoms with Crippen molar-refractivity contribution in [2.45, 2.75) is 89.5 Å². The van der Waals surface area contributed by atoms with Crippen molar-refractivity contribution in [2.75, 3.05) is 31.5 Å². The van der Waals surface area contributed by atoms with Gasteiger partial charge < -0.3 is 25.2 Å². The summed E-state index contributed by atoms with van der Waals surface area (Å²) < 4.78 is 6.55. The minimum absolute atomic E-state index is 0.0622. The topological polar surface area (TPSA) is 91.0 Å². The highest BCUT2D eigenvalue weighted by atomic mass is 35.5. The lowest BCUT2D eigenvalue weighted by Crippen LogP contribution is -2.58. The number of nitrogens with one attached hydrogen (secondary N) is 2. The summed E-state index contributed by atoms with van der Waals surface area (Å²) in [6, 6.07) is 4.65. The smallest absolute Gasteiger partial charge is 0.246 e. The third kappa shape index (κ3) is 5.28. The number of nitrogens with zero attached hydrogens (tertiary/aromatic N) is 2. The normalized spacial score (nSPS) is 36.1. The Bertz CT molecular complexity index is 1250. The summed E-state index contributed by atoms with van der Waals surface area (Å²) in [5.41, 5.74) is 0.345. The molecule has 3 amide bonds. The lowest BCUT2D eigenvalue weighted by Gasteiger charge is -2.38. The van der Waals surface area contributed by atoms with Gasteiger partial charge in [-0.1, -0.05) is 69.4 Å². The van der Waals surface area contributed by atoms with Gasteiger partial charge in [-0.15, -0.1) is 0 Å². The molecule has 4 heterocycles. The van der Waals surface area contributed by atoms with Crippen LogP contribution in [-0.2, 0) is 19.1 Å². The minimum atomic E-state index is -1.15. The van der Waals surface area contributed by atoms with Gasteiger partial charge in [0.1, 0.15) is 11.6 Å². The summed E-state index contributed by atoms with van der Waals surface area (Å²) in [7, 11) is 0. The van der Waals surface area contributed by atoms with Crippen LogP contribution in [0.5, 0.6) is 0 Å². The standard InChI is InChI=1S/C33H45ClN4O4/c1-20-9-8-10-25(22(20)3)36-31(40)29-33-14-13-26(42-33)27(30(39)35-23-12-11-21(2)24(34)19-23)28(33)32(41)38(29)18-17-37-15-6-4-5-7-16-37/h11-14,19-20,22,25-29H,4-10,15-18H2,1-3H3,(H,35,39)(H,36,40). The number of aryl methyl sites for hydroxylation is 1. The highest BCUT2D eigenvalue weighted by Crippen LogP contribution is 2.55. The lowest BCUT2D eigenvalue weighted by atomic mass is 9.73. The summed E-state index contributed by atoms with van der Waals surface area (Å²) in [6.07, 6.45) is 11.2. The Morgan fingerprint density at radius 2 is 1.81 bits per heavy atom. The van der Waals surface area contributed by atoms with E-state index in [0.717, 1.165) is 44.3 Å². The van der Waals surface area contributed by atoms with Crippen LogP contribution in [0.2, 0.25) is 5.02 Å². The van der Waals surface area contributed by atoms with Crippen molar-refractivity contribution < 1.29 is 19.1 Å². The summed E-state index contributed by atoms with van der Waals surface area (Å²) in [6.45, 7) is 9.53. The Morgan fingerprint density at radius 3 is 2.55 bits per heavy atom. The highest BCUT2D eigenvalue weighted by molar-refractivity contribution is 6.31. The summed E-state index contributed by atoms with van der Waals surface area (Å²) >= 11 is 6.32. The second kappa shape index (κ2) is 11.9. The lowest BCUT2D eigenvalue weighted by molar-refractivity contribution is -0.141. The van der Waals surface area contributed by atoms with Crippen LogP contribution in [0.4, 0.5) is 5.69 Å². The van der Waals surface area contributed by atoms with Crippen LogP contribution in [0, 0.1) is 30.6 Å². The van der Waals surface area contributed by atoms with Gasteiger partial charge in [-0.3, -0.25) is 14.4 Å². The minimum Gasteiger partial charge on any atom is -0.359 e. The Hall–Kier alpha value is -2.42. The van der Waals surface area contributed by atoms with E-state index >= 15 is 0 Å². The molecule has 4 aliphatic heterocycles.